The Bertz CT molecular complexity index is 400. The Labute approximate surface area is 100 Å². The van der Waals surface area contributed by atoms with Crippen LogP contribution in [0, 0.1) is 0 Å². The van der Waals surface area contributed by atoms with Gasteiger partial charge in [-0.25, -0.2) is 4.98 Å². The summed E-state index contributed by atoms with van der Waals surface area (Å²) in [5.74, 6) is 1.65. The van der Waals surface area contributed by atoms with Gasteiger partial charge in [-0.3, -0.25) is 0 Å². The van der Waals surface area contributed by atoms with Gasteiger partial charge in [-0.2, -0.15) is 0 Å². The van der Waals surface area contributed by atoms with Crippen molar-refractivity contribution in [3.05, 3.63) is 15.6 Å². The van der Waals surface area contributed by atoms with E-state index in [1.165, 1.54) is 49.2 Å². The van der Waals surface area contributed by atoms with E-state index in [-0.39, 0.29) is 0 Å². The topological polar surface area (TPSA) is 24.9 Å². The molecule has 3 saturated carbocycles. The number of aromatic nitrogens is 1. The average molecular weight is 234 g/mol. The summed E-state index contributed by atoms with van der Waals surface area (Å²) >= 11 is 1.99. The number of hydrogen-bond acceptors (Lipinski definition) is 3. The van der Waals surface area contributed by atoms with E-state index in [4.69, 9.17) is 4.98 Å². The fourth-order valence-electron chi connectivity index (χ4n) is 2.21. The summed E-state index contributed by atoms with van der Waals surface area (Å²) < 4.78 is 0. The molecule has 0 aliphatic heterocycles. The molecule has 3 aliphatic rings. The second-order valence-electron chi connectivity index (χ2n) is 5.56. The quantitative estimate of drug-likeness (QED) is 0.846. The van der Waals surface area contributed by atoms with Crippen LogP contribution < -0.4 is 5.32 Å². The number of nitrogens with one attached hydrogen (secondary N) is 1. The fraction of sp³-hybridized carbons (Fsp3) is 0.769. The van der Waals surface area contributed by atoms with Gasteiger partial charge in [0.15, 0.2) is 0 Å². The molecule has 0 spiro atoms. The maximum Gasteiger partial charge on any atom is 0.0962 e. The number of nitrogens with zero attached hydrogens (tertiary/aromatic N) is 1. The summed E-state index contributed by atoms with van der Waals surface area (Å²) in [6.45, 7) is 1.08. The predicted molar refractivity (Wildman–Crippen MR) is 65.9 cm³/mol. The van der Waals surface area contributed by atoms with Gasteiger partial charge in [0.05, 0.1) is 10.7 Å². The molecule has 3 aliphatic carbocycles. The molecule has 0 saturated heterocycles. The minimum absolute atomic E-state index is 0.818. The molecule has 86 valence electrons. The number of thiazole rings is 1. The monoisotopic (exact) mass is 234 g/mol. The molecule has 16 heavy (non-hydrogen) atoms. The van der Waals surface area contributed by atoms with Gasteiger partial charge >= 0.3 is 0 Å². The Balaban J connectivity index is 1.55. The SMILES string of the molecule is C(NC1CC1)c1sc(C2CC2)nc1C1CC1. The van der Waals surface area contributed by atoms with Gasteiger partial charge in [-0.05, 0) is 38.5 Å². The van der Waals surface area contributed by atoms with E-state index in [2.05, 4.69) is 5.32 Å². The molecule has 2 nitrogen and oxygen atoms in total. The molecule has 1 N–H and O–H groups in total. The van der Waals surface area contributed by atoms with Gasteiger partial charge in [0, 0.05) is 29.3 Å². The Morgan fingerprint density at radius 3 is 2.44 bits per heavy atom. The Kier molecular flexibility index (Phi) is 2.12. The molecule has 0 unspecified atom stereocenters. The van der Waals surface area contributed by atoms with Crippen molar-refractivity contribution >= 4 is 11.3 Å². The van der Waals surface area contributed by atoms with Crippen LogP contribution in [0.1, 0.15) is 65.9 Å². The first-order valence-electron chi connectivity index (χ1n) is 6.63. The Morgan fingerprint density at radius 2 is 1.81 bits per heavy atom. The van der Waals surface area contributed by atoms with Crippen LogP contribution in [0.25, 0.3) is 0 Å². The first-order chi connectivity index (χ1) is 7.90. The van der Waals surface area contributed by atoms with Crippen molar-refractivity contribution in [3.8, 4) is 0 Å². The van der Waals surface area contributed by atoms with Gasteiger partial charge in [-0.1, -0.05) is 0 Å². The third kappa shape index (κ3) is 1.91. The van der Waals surface area contributed by atoms with Crippen LogP contribution in [0.3, 0.4) is 0 Å². The summed E-state index contributed by atoms with van der Waals surface area (Å²) in [5, 5.41) is 5.08. The number of hydrogen-bond donors (Lipinski definition) is 1. The zero-order chi connectivity index (χ0) is 10.5. The molecule has 0 radical (unpaired) electrons. The maximum atomic E-state index is 4.91. The standard InChI is InChI=1S/C13H18N2S/c1-2-8(1)12-11(7-14-10-5-6-10)16-13(15-12)9-3-4-9/h8-10,14H,1-7H2. The van der Waals surface area contributed by atoms with Crippen molar-refractivity contribution in [1.82, 2.24) is 10.3 Å². The molecule has 3 fully saturated rings. The molecular weight excluding hydrogens is 216 g/mol. The highest BCUT2D eigenvalue weighted by atomic mass is 32.1. The third-order valence-corrected chi connectivity index (χ3v) is 5.00. The molecule has 3 heteroatoms. The van der Waals surface area contributed by atoms with Crippen molar-refractivity contribution in [3.63, 3.8) is 0 Å². The lowest BCUT2D eigenvalue weighted by Crippen LogP contribution is -2.15. The lowest BCUT2D eigenvalue weighted by molar-refractivity contribution is 0.688. The zero-order valence-corrected chi connectivity index (χ0v) is 10.4. The summed E-state index contributed by atoms with van der Waals surface area (Å²) in [5.41, 5.74) is 1.46. The second kappa shape index (κ2) is 3.54. The van der Waals surface area contributed by atoms with Crippen LogP contribution in [0.4, 0.5) is 0 Å². The average Bonchev–Trinajstić information content (AvgIpc) is 3.10. The molecule has 4 rings (SSSR count). The van der Waals surface area contributed by atoms with Crippen molar-refractivity contribution < 1.29 is 0 Å². The van der Waals surface area contributed by atoms with Gasteiger partial charge < -0.3 is 5.32 Å². The van der Waals surface area contributed by atoms with Gasteiger partial charge in [0.2, 0.25) is 0 Å². The molecule has 0 aromatic carbocycles. The van der Waals surface area contributed by atoms with E-state index in [1.807, 2.05) is 11.3 Å². The minimum Gasteiger partial charge on any atom is -0.309 e. The Morgan fingerprint density at radius 1 is 1.06 bits per heavy atom. The first kappa shape index (κ1) is 9.60. The summed E-state index contributed by atoms with van der Waals surface area (Å²) in [6, 6.07) is 0.818. The van der Waals surface area contributed by atoms with Crippen LogP contribution >= 0.6 is 11.3 Å². The second-order valence-corrected chi connectivity index (χ2v) is 6.68. The molecular formula is C13H18N2S. The normalized spacial score (nSPS) is 25.0. The smallest absolute Gasteiger partial charge is 0.0962 e. The van der Waals surface area contributed by atoms with Crippen LogP contribution in [0.5, 0.6) is 0 Å². The molecule has 0 bridgehead atoms. The van der Waals surface area contributed by atoms with Crippen molar-refractivity contribution in [2.45, 2.75) is 62.9 Å². The number of rotatable bonds is 5. The maximum absolute atomic E-state index is 4.91. The largest absolute Gasteiger partial charge is 0.309 e. The summed E-state index contributed by atoms with van der Waals surface area (Å²) in [4.78, 5) is 6.46. The van der Waals surface area contributed by atoms with Crippen LogP contribution in [-0.2, 0) is 6.54 Å². The van der Waals surface area contributed by atoms with Crippen LogP contribution in [0.15, 0.2) is 0 Å². The third-order valence-electron chi connectivity index (χ3n) is 3.76. The molecule has 0 atom stereocenters. The molecule has 1 heterocycles. The molecule has 1 aromatic heterocycles. The van der Waals surface area contributed by atoms with Crippen LogP contribution in [0.2, 0.25) is 0 Å². The highest BCUT2D eigenvalue weighted by Gasteiger charge is 2.34. The fourth-order valence-corrected chi connectivity index (χ4v) is 3.49. The van der Waals surface area contributed by atoms with E-state index in [0.717, 1.165) is 24.4 Å². The van der Waals surface area contributed by atoms with E-state index in [0.29, 0.717) is 0 Å². The highest BCUT2D eigenvalue weighted by Crippen LogP contribution is 2.47. The first-order valence-corrected chi connectivity index (χ1v) is 7.44. The van der Waals surface area contributed by atoms with Crippen molar-refractivity contribution in [2.75, 3.05) is 0 Å². The van der Waals surface area contributed by atoms with E-state index in [9.17, 15) is 0 Å². The predicted octanol–water partition coefficient (Wildman–Crippen LogP) is 3.15. The molecule has 1 aromatic rings. The Hall–Kier alpha value is -0.410. The zero-order valence-electron chi connectivity index (χ0n) is 9.54. The lowest BCUT2D eigenvalue weighted by atomic mass is 10.2. The van der Waals surface area contributed by atoms with E-state index >= 15 is 0 Å². The van der Waals surface area contributed by atoms with E-state index < -0.39 is 0 Å². The van der Waals surface area contributed by atoms with Crippen molar-refractivity contribution in [2.24, 2.45) is 0 Å². The van der Waals surface area contributed by atoms with Gasteiger partial charge in [0.1, 0.15) is 0 Å². The lowest BCUT2D eigenvalue weighted by Gasteiger charge is -2.01. The van der Waals surface area contributed by atoms with Crippen LogP contribution in [-0.4, -0.2) is 11.0 Å². The summed E-state index contributed by atoms with van der Waals surface area (Å²) in [7, 11) is 0. The van der Waals surface area contributed by atoms with Gasteiger partial charge in [-0.15, -0.1) is 11.3 Å². The van der Waals surface area contributed by atoms with Crippen molar-refractivity contribution in [1.29, 1.82) is 0 Å². The minimum atomic E-state index is 0.818. The highest BCUT2D eigenvalue weighted by molar-refractivity contribution is 7.11. The molecule has 0 amide bonds. The van der Waals surface area contributed by atoms with E-state index in [1.54, 1.807) is 4.88 Å². The summed E-state index contributed by atoms with van der Waals surface area (Å²) in [6.07, 6.45) is 8.29. The van der Waals surface area contributed by atoms with Gasteiger partial charge in [0.25, 0.3) is 0 Å².